The standard InChI is InChI=1S/C10H12F3NO/c11-10(12,13)8-4-2-1-3-7(8)9-5-6-15-14-9/h5-8H,1-4H2/t7-,8-/m1/s1. The highest BCUT2D eigenvalue weighted by Crippen LogP contribution is 2.45. The molecule has 0 radical (unpaired) electrons. The smallest absolute Gasteiger partial charge is 0.365 e. The van der Waals surface area contributed by atoms with Crippen molar-refractivity contribution < 1.29 is 17.7 Å². The molecule has 0 aliphatic heterocycles. The van der Waals surface area contributed by atoms with E-state index in [2.05, 4.69) is 9.68 Å². The van der Waals surface area contributed by atoms with Gasteiger partial charge in [-0.1, -0.05) is 18.0 Å². The van der Waals surface area contributed by atoms with Crippen LogP contribution < -0.4 is 0 Å². The number of alkyl halides is 3. The third-order valence-electron chi connectivity index (χ3n) is 3.02. The van der Waals surface area contributed by atoms with Crippen LogP contribution in [0.3, 0.4) is 0 Å². The summed E-state index contributed by atoms with van der Waals surface area (Å²) in [4.78, 5) is 0. The van der Waals surface area contributed by atoms with Crippen molar-refractivity contribution in [3.05, 3.63) is 18.0 Å². The highest BCUT2D eigenvalue weighted by molar-refractivity contribution is 5.08. The van der Waals surface area contributed by atoms with Gasteiger partial charge in [-0.2, -0.15) is 13.2 Å². The van der Waals surface area contributed by atoms with Crippen molar-refractivity contribution in [2.24, 2.45) is 5.92 Å². The van der Waals surface area contributed by atoms with Crippen LogP contribution in [-0.4, -0.2) is 11.3 Å². The molecule has 1 aromatic heterocycles. The lowest BCUT2D eigenvalue weighted by molar-refractivity contribution is -0.187. The molecule has 0 aromatic carbocycles. The van der Waals surface area contributed by atoms with E-state index in [9.17, 15) is 13.2 Å². The van der Waals surface area contributed by atoms with Crippen molar-refractivity contribution in [2.75, 3.05) is 0 Å². The van der Waals surface area contributed by atoms with Crippen molar-refractivity contribution in [1.29, 1.82) is 0 Å². The summed E-state index contributed by atoms with van der Waals surface area (Å²) >= 11 is 0. The van der Waals surface area contributed by atoms with E-state index >= 15 is 0 Å². The molecule has 2 rings (SSSR count). The highest BCUT2D eigenvalue weighted by atomic mass is 19.4. The topological polar surface area (TPSA) is 26.0 Å². The number of hydrogen-bond acceptors (Lipinski definition) is 2. The van der Waals surface area contributed by atoms with Crippen LogP contribution in [0.2, 0.25) is 0 Å². The van der Waals surface area contributed by atoms with E-state index in [1.807, 2.05) is 0 Å². The summed E-state index contributed by atoms with van der Waals surface area (Å²) in [6.07, 6.45) is -0.540. The van der Waals surface area contributed by atoms with Crippen LogP contribution in [0, 0.1) is 5.92 Å². The average Bonchev–Trinajstić information content (AvgIpc) is 2.69. The Bertz CT molecular complexity index is 307. The molecule has 15 heavy (non-hydrogen) atoms. The Morgan fingerprint density at radius 2 is 2.00 bits per heavy atom. The van der Waals surface area contributed by atoms with Crippen LogP contribution in [0.4, 0.5) is 13.2 Å². The fourth-order valence-corrected chi connectivity index (χ4v) is 2.29. The lowest BCUT2D eigenvalue weighted by atomic mass is 9.77. The van der Waals surface area contributed by atoms with Crippen LogP contribution in [0.1, 0.15) is 37.3 Å². The maximum atomic E-state index is 12.7. The van der Waals surface area contributed by atoms with Crippen molar-refractivity contribution in [2.45, 2.75) is 37.8 Å². The molecule has 0 spiro atoms. The molecule has 1 fully saturated rings. The molecule has 0 amide bonds. The molecule has 0 unspecified atom stereocenters. The summed E-state index contributed by atoms with van der Waals surface area (Å²) in [5.41, 5.74) is 0.442. The minimum Gasteiger partial charge on any atom is -0.365 e. The van der Waals surface area contributed by atoms with Crippen LogP contribution in [0.25, 0.3) is 0 Å². The van der Waals surface area contributed by atoms with E-state index in [0.717, 1.165) is 6.42 Å². The van der Waals surface area contributed by atoms with Crippen molar-refractivity contribution in [3.8, 4) is 0 Å². The third-order valence-corrected chi connectivity index (χ3v) is 3.02. The van der Waals surface area contributed by atoms with E-state index in [1.54, 1.807) is 0 Å². The van der Waals surface area contributed by atoms with E-state index in [4.69, 9.17) is 0 Å². The Morgan fingerprint density at radius 1 is 1.27 bits per heavy atom. The maximum Gasteiger partial charge on any atom is 0.392 e. The van der Waals surface area contributed by atoms with Gasteiger partial charge in [-0.3, -0.25) is 0 Å². The first-order chi connectivity index (χ1) is 7.09. The summed E-state index contributed by atoms with van der Waals surface area (Å²) in [5, 5.41) is 3.63. The Kier molecular flexibility index (Phi) is 2.71. The lowest BCUT2D eigenvalue weighted by Crippen LogP contribution is -2.31. The van der Waals surface area contributed by atoms with Gasteiger partial charge in [0.2, 0.25) is 0 Å². The van der Waals surface area contributed by atoms with Gasteiger partial charge in [-0.15, -0.1) is 0 Å². The van der Waals surface area contributed by atoms with Gasteiger partial charge in [0.15, 0.2) is 0 Å². The van der Waals surface area contributed by atoms with Gasteiger partial charge in [0.05, 0.1) is 11.6 Å². The molecule has 1 saturated carbocycles. The molecule has 0 N–H and O–H groups in total. The van der Waals surface area contributed by atoms with Crippen molar-refractivity contribution in [3.63, 3.8) is 0 Å². The van der Waals surface area contributed by atoms with E-state index in [-0.39, 0.29) is 6.42 Å². The quantitative estimate of drug-likeness (QED) is 0.722. The highest BCUT2D eigenvalue weighted by Gasteiger charge is 2.46. The lowest BCUT2D eigenvalue weighted by Gasteiger charge is -2.31. The molecule has 1 aliphatic rings. The zero-order chi connectivity index (χ0) is 10.9. The Balaban J connectivity index is 2.20. The summed E-state index contributed by atoms with van der Waals surface area (Å²) in [6.45, 7) is 0. The molecule has 1 aromatic rings. The van der Waals surface area contributed by atoms with Gasteiger partial charge in [-0.05, 0) is 12.8 Å². The normalized spacial score (nSPS) is 27.9. The van der Waals surface area contributed by atoms with Gasteiger partial charge in [-0.25, -0.2) is 0 Å². The van der Waals surface area contributed by atoms with Crippen LogP contribution in [0.5, 0.6) is 0 Å². The summed E-state index contributed by atoms with van der Waals surface area (Å²) in [6, 6.07) is 1.54. The van der Waals surface area contributed by atoms with Gasteiger partial charge in [0.25, 0.3) is 0 Å². The molecule has 0 bridgehead atoms. The second-order valence-corrected chi connectivity index (χ2v) is 3.96. The molecular weight excluding hydrogens is 207 g/mol. The SMILES string of the molecule is FC(F)(F)[C@@H]1CCCC[C@H]1c1ccon1. The fraction of sp³-hybridized carbons (Fsp3) is 0.700. The second-order valence-electron chi connectivity index (χ2n) is 3.96. The number of nitrogens with zero attached hydrogens (tertiary/aromatic N) is 1. The van der Waals surface area contributed by atoms with Crippen LogP contribution in [-0.2, 0) is 0 Å². The molecule has 1 aliphatic carbocycles. The Hall–Kier alpha value is -1.00. The first kappa shape index (κ1) is 10.5. The number of rotatable bonds is 1. The molecule has 1 heterocycles. The number of aromatic nitrogens is 1. The summed E-state index contributed by atoms with van der Waals surface area (Å²) in [7, 11) is 0. The zero-order valence-electron chi connectivity index (χ0n) is 8.13. The zero-order valence-corrected chi connectivity index (χ0v) is 8.13. The summed E-state index contributed by atoms with van der Waals surface area (Å²) < 4.78 is 42.8. The first-order valence-electron chi connectivity index (χ1n) is 5.06. The summed E-state index contributed by atoms with van der Waals surface area (Å²) in [5.74, 6) is -1.77. The molecule has 2 nitrogen and oxygen atoms in total. The van der Waals surface area contributed by atoms with Crippen molar-refractivity contribution in [1.82, 2.24) is 5.16 Å². The van der Waals surface area contributed by atoms with Gasteiger partial charge < -0.3 is 4.52 Å². The minimum atomic E-state index is -4.12. The molecular formula is C10H12F3NO. The number of hydrogen-bond donors (Lipinski definition) is 0. The predicted molar refractivity (Wildman–Crippen MR) is 47.3 cm³/mol. The fourth-order valence-electron chi connectivity index (χ4n) is 2.29. The van der Waals surface area contributed by atoms with Gasteiger partial charge in [0, 0.05) is 12.0 Å². The van der Waals surface area contributed by atoms with Crippen molar-refractivity contribution >= 4 is 0 Å². The predicted octanol–water partition coefficient (Wildman–Crippen LogP) is 3.51. The minimum absolute atomic E-state index is 0.209. The van der Waals surface area contributed by atoms with E-state index < -0.39 is 18.0 Å². The van der Waals surface area contributed by atoms with E-state index in [1.165, 1.54) is 12.3 Å². The maximum absolute atomic E-state index is 12.7. The van der Waals surface area contributed by atoms with E-state index in [0.29, 0.717) is 18.5 Å². The second kappa shape index (κ2) is 3.87. The molecule has 0 saturated heterocycles. The largest absolute Gasteiger partial charge is 0.392 e. The third kappa shape index (κ3) is 2.16. The monoisotopic (exact) mass is 219 g/mol. The Morgan fingerprint density at radius 3 is 2.60 bits per heavy atom. The van der Waals surface area contributed by atoms with Crippen LogP contribution in [0.15, 0.2) is 16.9 Å². The number of halogens is 3. The van der Waals surface area contributed by atoms with Gasteiger partial charge in [0.1, 0.15) is 6.26 Å². The van der Waals surface area contributed by atoms with Crippen LogP contribution >= 0.6 is 0 Å². The Labute approximate surface area is 85.4 Å². The first-order valence-corrected chi connectivity index (χ1v) is 5.06. The molecule has 84 valence electrons. The molecule has 2 atom stereocenters. The van der Waals surface area contributed by atoms with Gasteiger partial charge >= 0.3 is 6.18 Å². The average molecular weight is 219 g/mol. The molecule has 5 heteroatoms.